The number of amides is 1. The highest BCUT2D eigenvalue weighted by atomic mass is 16.6. The molecule has 0 radical (unpaired) electrons. The molecule has 1 aromatic carbocycles. The molecule has 1 aromatic heterocycles. The Kier molecular flexibility index (Phi) is 7.31. The van der Waals surface area contributed by atoms with Gasteiger partial charge in [0, 0.05) is 11.3 Å². The van der Waals surface area contributed by atoms with Crippen LogP contribution >= 0.6 is 0 Å². The quantitative estimate of drug-likeness (QED) is 0.547. The number of benzene rings is 1. The SMILES string of the molecule is CCOC(=O)C(NC(=O)c1cccc(Cn2nc(C)cc2C)c1)C(=O)OCC. The highest BCUT2D eigenvalue weighted by Crippen LogP contribution is 2.10. The Morgan fingerprint density at radius 1 is 1.07 bits per heavy atom. The van der Waals surface area contributed by atoms with Crippen LogP contribution in [0.3, 0.4) is 0 Å². The van der Waals surface area contributed by atoms with Crippen molar-refractivity contribution in [1.29, 1.82) is 0 Å². The van der Waals surface area contributed by atoms with E-state index < -0.39 is 23.9 Å². The fourth-order valence-corrected chi connectivity index (χ4v) is 2.70. The molecule has 0 spiro atoms. The lowest BCUT2D eigenvalue weighted by Crippen LogP contribution is -2.48. The van der Waals surface area contributed by atoms with Crippen molar-refractivity contribution in [3.05, 3.63) is 52.8 Å². The van der Waals surface area contributed by atoms with Gasteiger partial charge in [0.1, 0.15) is 0 Å². The second kappa shape index (κ2) is 9.68. The van der Waals surface area contributed by atoms with Crippen LogP contribution in [0.5, 0.6) is 0 Å². The third kappa shape index (κ3) is 5.42. The van der Waals surface area contributed by atoms with Crippen molar-refractivity contribution >= 4 is 17.8 Å². The second-order valence-corrected chi connectivity index (χ2v) is 6.20. The number of ether oxygens (including phenoxy) is 2. The molecule has 150 valence electrons. The molecule has 0 saturated carbocycles. The van der Waals surface area contributed by atoms with Gasteiger partial charge < -0.3 is 14.8 Å². The van der Waals surface area contributed by atoms with Crippen LogP contribution in [0.25, 0.3) is 0 Å². The number of esters is 2. The van der Waals surface area contributed by atoms with Gasteiger partial charge in [0.25, 0.3) is 5.91 Å². The summed E-state index contributed by atoms with van der Waals surface area (Å²) >= 11 is 0. The van der Waals surface area contributed by atoms with Gasteiger partial charge in [0.2, 0.25) is 6.04 Å². The summed E-state index contributed by atoms with van der Waals surface area (Å²) in [6.07, 6.45) is 0. The fraction of sp³-hybridized carbons (Fsp3) is 0.400. The maximum Gasteiger partial charge on any atom is 0.340 e. The van der Waals surface area contributed by atoms with Crippen molar-refractivity contribution in [2.24, 2.45) is 0 Å². The summed E-state index contributed by atoms with van der Waals surface area (Å²) in [5.41, 5.74) is 3.11. The zero-order chi connectivity index (χ0) is 20.7. The van der Waals surface area contributed by atoms with Gasteiger partial charge >= 0.3 is 11.9 Å². The summed E-state index contributed by atoms with van der Waals surface area (Å²) in [5, 5.41) is 6.81. The number of hydrogen-bond acceptors (Lipinski definition) is 6. The first-order valence-corrected chi connectivity index (χ1v) is 9.09. The molecule has 2 rings (SSSR count). The molecule has 8 nitrogen and oxygen atoms in total. The highest BCUT2D eigenvalue weighted by Gasteiger charge is 2.31. The van der Waals surface area contributed by atoms with Crippen LogP contribution in [0.1, 0.15) is 41.2 Å². The van der Waals surface area contributed by atoms with Crippen LogP contribution in [-0.4, -0.2) is 46.9 Å². The van der Waals surface area contributed by atoms with Crippen LogP contribution in [0.2, 0.25) is 0 Å². The molecule has 0 atom stereocenters. The van der Waals surface area contributed by atoms with Gasteiger partial charge in [-0.2, -0.15) is 5.10 Å². The number of aromatic nitrogens is 2. The summed E-state index contributed by atoms with van der Waals surface area (Å²) in [6.45, 7) is 7.78. The molecule has 0 fully saturated rings. The lowest BCUT2D eigenvalue weighted by molar-refractivity contribution is -0.157. The molecule has 0 aliphatic rings. The van der Waals surface area contributed by atoms with E-state index in [4.69, 9.17) is 9.47 Å². The van der Waals surface area contributed by atoms with Crippen molar-refractivity contribution in [2.45, 2.75) is 40.3 Å². The van der Waals surface area contributed by atoms with Gasteiger partial charge in [0.05, 0.1) is 25.5 Å². The molecule has 0 aliphatic heterocycles. The lowest BCUT2D eigenvalue weighted by Gasteiger charge is -2.16. The first-order valence-electron chi connectivity index (χ1n) is 9.09. The number of nitrogens with one attached hydrogen (secondary N) is 1. The Labute approximate surface area is 163 Å². The van der Waals surface area contributed by atoms with E-state index in [-0.39, 0.29) is 13.2 Å². The topological polar surface area (TPSA) is 99.5 Å². The average molecular weight is 387 g/mol. The Balaban J connectivity index is 2.16. The second-order valence-electron chi connectivity index (χ2n) is 6.20. The summed E-state index contributed by atoms with van der Waals surface area (Å²) in [6, 6.07) is 7.38. The number of rotatable bonds is 8. The summed E-state index contributed by atoms with van der Waals surface area (Å²) in [7, 11) is 0. The lowest BCUT2D eigenvalue weighted by atomic mass is 10.1. The Bertz CT molecular complexity index is 841. The van der Waals surface area contributed by atoms with E-state index in [2.05, 4.69) is 10.4 Å². The van der Waals surface area contributed by atoms with Gasteiger partial charge in [-0.1, -0.05) is 12.1 Å². The normalized spacial score (nSPS) is 10.6. The van der Waals surface area contributed by atoms with Gasteiger partial charge in [0.15, 0.2) is 0 Å². The minimum absolute atomic E-state index is 0.0860. The van der Waals surface area contributed by atoms with Crippen molar-refractivity contribution in [3.8, 4) is 0 Å². The highest BCUT2D eigenvalue weighted by molar-refractivity contribution is 6.05. The van der Waals surface area contributed by atoms with E-state index in [1.807, 2.05) is 30.7 Å². The number of aryl methyl sites for hydroxylation is 2. The van der Waals surface area contributed by atoms with Crippen LogP contribution < -0.4 is 5.32 Å². The summed E-state index contributed by atoms with van der Waals surface area (Å²) < 4.78 is 11.6. The Morgan fingerprint density at radius 2 is 1.71 bits per heavy atom. The predicted molar refractivity (Wildman–Crippen MR) is 102 cm³/mol. The molecule has 0 aliphatic carbocycles. The van der Waals surface area contributed by atoms with Gasteiger partial charge in [-0.3, -0.25) is 9.48 Å². The minimum atomic E-state index is -1.51. The maximum atomic E-state index is 12.6. The monoisotopic (exact) mass is 387 g/mol. The minimum Gasteiger partial charge on any atom is -0.464 e. The molecule has 1 N–H and O–H groups in total. The van der Waals surface area contributed by atoms with Crippen molar-refractivity contribution in [2.75, 3.05) is 13.2 Å². The molecular weight excluding hydrogens is 362 g/mol. The number of hydrogen-bond donors (Lipinski definition) is 1. The summed E-state index contributed by atoms with van der Waals surface area (Å²) in [5.74, 6) is -2.28. The number of carbonyl (C=O) groups is 3. The van der Waals surface area contributed by atoms with Gasteiger partial charge in [-0.15, -0.1) is 0 Å². The van der Waals surface area contributed by atoms with Crippen molar-refractivity contribution in [3.63, 3.8) is 0 Å². The Hall–Kier alpha value is -3.16. The largest absolute Gasteiger partial charge is 0.464 e. The third-order valence-electron chi connectivity index (χ3n) is 3.94. The van der Waals surface area contributed by atoms with Gasteiger partial charge in [-0.25, -0.2) is 9.59 Å². The molecule has 0 bridgehead atoms. The first kappa shape index (κ1) is 21.1. The molecule has 2 aromatic rings. The van der Waals surface area contributed by atoms with Crippen molar-refractivity contribution in [1.82, 2.24) is 15.1 Å². The standard InChI is InChI=1S/C20H25N3O5/c1-5-27-19(25)17(20(26)28-6-2)21-18(24)16-9-7-8-15(11-16)12-23-14(4)10-13(3)22-23/h7-11,17H,5-6,12H2,1-4H3,(H,21,24). The molecular formula is C20H25N3O5. The first-order chi connectivity index (χ1) is 13.3. The maximum absolute atomic E-state index is 12.6. The number of carbonyl (C=O) groups excluding carboxylic acids is 3. The molecule has 8 heteroatoms. The van der Waals surface area contributed by atoms with Crippen LogP contribution in [0.15, 0.2) is 30.3 Å². The van der Waals surface area contributed by atoms with E-state index in [1.54, 1.807) is 32.0 Å². The zero-order valence-electron chi connectivity index (χ0n) is 16.5. The average Bonchev–Trinajstić information content (AvgIpc) is 2.97. The summed E-state index contributed by atoms with van der Waals surface area (Å²) in [4.78, 5) is 36.6. The van der Waals surface area contributed by atoms with E-state index in [0.29, 0.717) is 12.1 Å². The van der Waals surface area contributed by atoms with E-state index in [1.165, 1.54) is 0 Å². The molecule has 0 saturated heterocycles. The molecule has 28 heavy (non-hydrogen) atoms. The molecule has 0 unspecified atom stereocenters. The predicted octanol–water partition coefficient (Wildman–Crippen LogP) is 1.77. The van der Waals surface area contributed by atoms with Crippen LogP contribution in [0, 0.1) is 13.8 Å². The van der Waals surface area contributed by atoms with Gasteiger partial charge in [-0.05, 0) is 51.5 Å². The van der Waals surface area contributed by atoms with E-state index >= 15 is 0 Å². The zero-order valence-corrected chi connectivity index (χ0v) is 16.5. The molecule has 1 amide bonds. The fourth-order valence-electron chi connectivity index (χ4n) is 2.70. The smallest absolute Gasteiger partial charge is 0.340 e. The number of nitrogens with zero attached hydrogens (tertiary/aromatic N) is 2. The third-order valence-corrected chi connectivity index (χ3v) is 3.94. The van der Waals surface area contributed by atoms with Crippen LogP contribution in [0.4, 0.5) is 0 Å². The Morgan fingerprint density at radius 3 is 2.25 bits per heavy atom. The van der Waals surface area contributed by atoms with E-state index in [9.17, 15) is 14.4 Å². The van der Waals surface area contributed by atoms with Crippen molar-refractivity contribution < 1.29 is 23.9 Å². The van der Waals surface area contributed by atoms with Crippen LogP contribution in [-0.2, 0) is 25.6 Å². The van der Waals surface area contributed by atoms with E-state index in [0.717, 1.165) is 17.0 Å². The molecule has 1 heterocycles.